The van der Waals surface area contributed by atoms with Gasteiger partial charge in [0.1, 0.15) is 23.2 Å². The van der Waals surface area contributed by atoms with Gasteiger partial charge in [-0.3, -0.25) is 19.4 Å². The number of para-hydroxylation sites is 1. The number of aryl methyl sites for hydroxylation is 1. The van der Waals surface area contributed by atoms with E-state index in [9.17, 15) is 14.4 Å². The SMILES string of the molecule is Cc1ccc(C(NN(c2ccccc2C(N)=O)c2cc(=O)c2=O)C2(C)CCCO2)o1. The lowest BCUT2D eigenvalue weighted by molar-refractivity contribution is -0.0183. The topological polar surface area (TPSA) is 115 Å². The van der Waals surface area contributed by atoms with Gasteiger partial charge in [0, 0.05) is 12.7 Å². The Hall–Kier alpha value is -3.23. The monoisotopic (exact) mass is 409 g/mol. The summed E-state index contributed by atoms with van der Waals surface area (Å²) in [6, 6.07) is 11.1. The van der Waals surface area contributed by atoms with Crippen molar-refractivity contribution in [2.75, 3.05) is 11.6 Å². The first-order valence-electron chi connectivity index (χ1n) is 9.76. The van der Waals surface area contributed by atoms with E-state index in [1.54, 1.807) is 24.3 Å². The predicted octanol–water partition coefficient (Wildman–Crippen LogP) is 2.24. The summed E-state index contributed by atoms with van der Waals surface area (Å²) in [6.07, 6.45) is 1.65. The number of nitrogens with one attached hydrogen (secondary N) is 1. The van der Waals surface area contributed by atoms with Gasteiger partial charge in [-0.25, -0.2) is 5.43 Å². The van der Waals surface area contributed by atoms with Crippen LogP contribution in [0.2, 0.25) is 0 Å². The quantitative estimate of drug-likeness (QED) is 0.454. The number of benzene rings is 1. The summed E-state index contributed by atoms with van der Waals surface area (Å²) in [4.78, 5) is 36.0. The number of hydrogen-bond acceptors (Lipinski definition) is 7. The molecular weight excluding hydrogens is 386 g/mol. The summed E-state index contributed by atoms with van der Waals surface area (Å²) >= 11 is 0. The molecule has 0 saturated carbocycles. The Bertz CT molecular complexity index is 1150. The number of primary amides is 1. The van der Waals surface area contributed by atoms with Crippen LogP contribution in [-0.2, 0) is 4.74 Å². The highest BCUT2D eigenvalue weighted by atomic mass is 16.5. The molecule has 30 heavy (non-hydrogen) atoms. The highest BCUT2D eigenvalue weighted by molar-refractivity contribution is 5.99. The van der Waals surface area contributed by atoms with Gasteiger partial charge in [0.15, 0.2) is 0 Å². The van der Waals surface area contributed by atoms with Crippen LogP contribution in [0.4, 0.5) is 11.4 Å². The molecule has 3 aromatic rings. The van der Waals surface area contributed by atoms with E-state index in [0.717, 1.165) is 18.6 Å². The van der Waals surface area contributed by atoms with Crippen molar-refractivity contribution in [2.45, 2.75) is 38.3 Å². The first-order chi connectivity index (χ1) is 14.3. The summed E-state index contributed by atoms with van der Waals surface area (Å²) in [7, 11) is 0. The molecule has 1 aliphatic rings. The van der Waals surface area contributed by atoms with E-state index in [2.05, 4.69) is 5.43 Å². The van der Waals surface area contributed by atoms with E-state index in [0.29, 0.717) is 18.1 Å². The highest BCUT2D eigenvalue weighted by Gasteiger charge is 2.43. The maximum Gasteiger partial charge on any atom is 0.250 e. The van der Waals surface area contributed by atoms with Crippen molar-refractivity contribution in [3.05, 3.63) is 80.0 Å². The Morgan fingerprint density at radius 2 is 1.97 bits per heavy atom. The van der Waals surface area contributed by atoms with Crippen LogP contribution < -0.4 is 27.0 Å². The van der Waals surface area contributed by atoms with Gasteiger partial charge >= 0.3 is 0 Å². The fraction of sp³-hybridized carbons (Fsp3) is 0.318. The molecule has 1 amide bonds. The Morgan fingerprint density at radius 3 is 2.53 bits per heavy atom. The minimum atomic E-state index is -0.648. The molecule has 0 bridgehead atoms. The number of furan rings is 1. The zero-order valence-electron chi connectivity index (χ0n) is 16.8. The van der Waals surface area contributed by atoms with E-state index in [-0.39, 0.29) is 11.3 Å². The van der Waals surface area contributed by atoms with Gasteiger partial charge in [-0.15, -0.1) is 0 Å². The summed E-state index contributed by atoms with van der Waals surface area (Å²) in [6.45, 7) is 4.41. The molecule has 2 atom stereocenters. The summed E-state index contributed by atoms with van der Waals surface area (Å²) in [5.74, 6) is 0.707. The van der Waals surface area contributed by atoms with E-state index in [1.165, 1.54) is 11.1 Å². The molecule has 1 aliphatic heterocycles. The van der Waals surface area contributed by atoms with Crippen molar-refractivity contribution in [2.24, 2.45) is 5.73 Å². The lowest BCUT2D eigenvalue weighted by Crippen LogP contribution is -2.51. The molecule has 2 unspecified atom stereocenters. The Labute approximate surface area is 172 Å². The number of ether oxygens (including phenoxy) is 1. The predicted molar refractivity (Wildman–Crippen MR) is 111 cm³/mol. The van der Waals surface area contributed by atoms with Crippen LogP contribution in [0.1, 0.15) is 47.7 Å². The maximum atomic E-state index is 12.3. The average Bonchev–Trinajstić information content (AvgIpc) is 3.36. The second-order valence-electron chi connectivity index (χ2n) is 7.71. The van der Waals surface area contributed by atoms with Crippen LogP contribution in [-0.4, -0.2) is 18.1 Å². The molecule has 2 heterocycles. The molecule has 0 spiro atoms. The van der Waals surface area contributed by atoms with Crippen molar-refractivity contribution in [1.82, 2.24) is 5.43 Å². The smallest absolute Gasteiger partial charge is 0.250 e. The van der Waals surface area contributed by atoms with Crippen LogP contribution in [0.5, 0.6) is 0 Å². The number of anilines is 2. The molecule has 8 nitrogen and oxygen atoms in total. The molecule has 4 rings (SSSR count). The lowest BCUT2D eigenvalue weighted by atomic mass is 9.91. The maximum absolute atomic E-state index is 12.3. The number of rotatable bonds is 7. The van der Waals surface area contributed by atoms with Crippen molar-refractivity contribution in [1.29, 1.82) is 0 Å². The molecule has 0 radical (unpaired) electrons. The molecule has 2 aromatic carbocycles. The van der Waals surface area contributed by atoms with Gasteiger partial charge in [0.05, 0.1) is 16.9 Å². The molecule has 8 heteroatoms. The number of hydrogen-bond donors (Lipinski definition) is 2. The second kappa shape index (κ2) is 7.55. The molecule has 0 aliphatic carbocycles. The molecule has 1 fully saturated rings. The average molecular weight is 409 g/mol. The summed E-state index contributed by atoms with van der Waals surface area (Å²) < 4.78 is 11.9. The molecular formula is C22H23N3O5. The third-order valence-electron chi connectivity index (χ3n) is 5.54. The van der Waals surface area contributed by atoms with Gasteiger partial charge in [-0.2, -0.15) is 0 Å². The fourth-order valence-electron chi connectivity index (χ4n) is 3.88. The third-order valence-corrected chi connectivity index (χ3v) is 5.54. The zero-order chi connectivity index (χ0) is 21.5. The van der Waals surface area contributed by atoms with Crippen LogP contribution in [0.15, 0.2) is 56.5 Å². The van der Waals surface area contributed by atoms with E-state index in [4.69, 9.17) is 14.9 Å². The number of carbonyl (C=O) groups is 1. The first-order valence-corrected chi connectivity index (χ1v) is 9.76. The van der Waals surface area contributed by atoms with Crippen molar-refractivity contribution < 1.29 is 13.9 Å². The minimum Gasteiger partial charge on any atom is -0.465 e. The van der Waals surface area contributed by atoms with Gasteiger partial charge in [0.25, 0.3) is 11.3 Å². The lowest BCUT2D eigenvalue weighted by Gasteiger charge is -2.38. The fourth-order valence-corrected chi connectivity index (χ4v) is 3.88. The Balaban J connectivity index is 1.83. The first kappa shape index (κ1) is 20.1. The van der Waals surface area contributed by atoms with Crippen LogP contribution >= 0.6 is 0 Å². The number of hydrazine groups is 1. The van der Waals surface area contributed by atoms with E-state index in [1.807, 2.05) is 26.0 Å². The third kappa shape index (κ3) is 3.44. The second-order valence-corrected chi connectivity index (χ2v) is 7.71. The Kier molecular flexibility index (Phi) is 5.05. The Morgan fingerprint density at radius 1 is 1.20 bits per heavy atom. The molecule has 1 aromatic heterocycles. The van der Waals surface area contributed by atoms with Crippen molar-refractivity contribution in [3.63, 3.8) is 0 Å². The standard InChI is InChI=1S/C22H23N3O5/c1-13-8-9-18(30-13)20(22(2)10-5-11-29-22)24-25(16-12-17(26)19(16)27)15-7-4-3-6-14(15)21(23)28/h3-4,6-9,12,20,24H,5,10-11H2,1-2H3,(H2,23,28). The van der Waals surface area contributed by atoms with Gasteiger partial charge in [-0.1, -0.05) is 12.1 Å². The molecule has 1 saturated heterocycles. The number of amides is 1. The van der Waals surface area contributed by atoms with Crippen LogP contribution in [0.3, 0.4) is 0 Å². The summed E-state index contributed by atoms with van der Waals surface area (Å²) in [5.41, 5.74) is 7.70. The largest absolute Gasteiger partial charge is 0.465 e. The van der Waals surface area contributed by atoms with Gasteiger partial charge in [-0.05, 0) is 51.0 Å². The number of nitrogens with zero attached hydrogens (tertiary/aromatic N) is 1. The van der Waals surface area contributed by atoms with Crippen molar-refractivity contribution >= 4 is 17.3 Å². The van der Waals surface area contributed by atoms with Gasteiger partial charge in [0.2, 0.25) is 5.43 Å². The molecule has 3 N–H and O–H groups in total. The van der Waals surface area contributed by atoms with Crippen molar-refractivity contribution in [3.8, 4) is 0 Å². The van der Waals surface area contributed by atoms with E-state index < -0.39 is 28.4 Å². The highest BCUT2D eigenvalue weighted by Crippen LogP contribution is 2.39. The summed E-state index contributed by atoms with van der Waals surface area (Å²) in [5, 5.41) is 1.44. The zero-order valence-corrected chi connectivity index (χ0v) is 16.8. The number of carbonyl (C=O) groups excluding carboxylic acids is 1. The number of nitrogens with two attached hydrogens (primary N) is 1. The van der Waals surface area contributed by atoms with E-state index >= 15 is 0 Å². The van der Waals surface area contributed by atoms with Crippen LogP contribution in [0.25, 0.3) is 0 Å². The normalized spacial score (nSPS) is 19.8. The van der Waals surface area contributed by atoms with Crippen LogP contribution in [0, 0.1) is 6.92 Å². The van der Waals surface area contributed by atoms with Gasteiger partial charge < -0.3 is 14.9 Å². The molecule has 156 valence electrons. The minimum absolute atomic E-state index is 0.128.